The Bertz CT molecular complexity index is 689. The zero-order chi connectivity index (χ0) is 13.2. The van der Waals surface area contributed by atoms with Gasteiger partial charge >= 0.3 is 0 Å². The Kier molecular flexibility index (Phi) is 2.97. The number of nitrogens with two attached hydrogens (primary N) is 1. The summed E-state index contributed by atoms with van der Waals surface area (Å²) in [6, 6.07) is 9.97. The maximum atomic E-state index is 6.24. The molecule has 0 aliphatic rings. The van der Waals surface area contributed by atoms with Crippen molar-refractivity contribution in [1.29, 1.82) is 0 Å². The number of nitrogens with zero attached hydrogens (tertiary/aromatic N) is 4. The summed E-state index contributed by atoms with van der Waals surface area (Å²) >= 11 is 0. The number of aromatic nitrogens is 4. The molecule has 0 saturated carbocycles. The fourth-order valence-corrected chi connectivity index (χ4v) is 2.20. The van der Waals surface area contributed by atoms with Gasteiger partial charge in [-0.1, -0.05) is 30.3 Å². The van der Waals surface area contributed by atoms with Gasteiger partial charge in [-0.2, -0.15) is 5.10 Å². The molecule has 2 N–H and O–H groups in total. The van der Waals surface area contributed by atoms with Crippen molar-refractivity contribution >= 4 is 11.0 Å². The quantitative estimate of drug-likeness (QED) is 0.769. The summed E-state index contributed by atoms with van der Waals surface area (Å²) in [5, 5.41) is 5.18. The summed E-state index contributed by atoms with van der Waals surface area (Å²) in [5.74, 6) is 0. The van der Waals surface area contributed by atoms with Crippen LogP contribution in [0.3, 0.4) is 0 Å². The second-order valence-electron chi connectivity index (χ2n) is 4.55. The van der Waals surface area contributed by atoms with Gasteiger partial charge in [-0.15, -0.1) is 0 Å². The molecule has 2 aromatic heterocycles. The highest BCUT2D eigenvalue weighted by Crippen LogP contribution is 2.19. The van der Waals surface area contributed by atoms with E-state index in [9.17, 15) is 0 Å². The van der Waals surface area contributed by atoms with Gasteiger partial charge in [0.1, 0.15) is 6.33 Å². The third kappa shape index (κ3) is 2.20. The summed E-state index contributed by atoms with van der Waals surface area (Å²) in [6.45, 7) is 0. The van der Waals surface area contributed by atoms with Gasteiger partial charge in [0.15, 0.2) is 5.65 Å². The molecule has 2 heterocycles. The van der Waals surface area contributed by atoms with Crippen molar-refractivity contribution in [3.05, 3.63) is 54.1 Å². The van der Waals surface area contributed by atoms with Crippen molar-refractivity contribution in [2.45, 2.75) is 12.5 Å². The predicted octanol–water partition coefficient (Wildman–Crippen LogP) is 1.61. The minimum atomic E-state index is -0.0699. The van der Waals surface area contributed by atoms with Crippen LogP contribution >= 0.6 is 0 Å². The van der Waals surface area contributed by atoms with Crippen LogP contribution in [0.2, 0.25) is 0 Å². The van der Waals surface area contributed by atoms with Crippen LogP contribution in [0, 0.1) is 0 Å². The van der Waals surface area contributed by atoms with E-state index in [0.717, 1.165) is 22.3 Å². The van der Waals surface area contributed by atoms with Gasteiger partial charge in [0.05, 0.1) is 17.3 Å². The zero-order valence-electron chi connectivity index (χ0n) is 10.7. The highest BCUT2D eigenvalue weighted by molar-refractivity contribution is 5.76. The largest absolute Gasteiger partial charge is 0.324 e. The number of aryl methyl sites for hydroxylation is 1. The standard InChI is InChI=1S/C14H15N5/c1-19-14-11(8-18-19)13(16-9-17-14)7-12(15)10-5-3-2-4-6-10/h2-6,8-9,12H,7,15H2,1H3. The predicted molar refractivity (Wildman–Crippen MR) is 73.4 cm³/mol. The molecular weight excluding hydrogens is 238 g/mol. The molecule has 0 radical (unpaired) electrons. The molecule has 3 rings (SSSR count). The van der Waals surface area contributed by atoms with Crippen molar-refractivity contribution in [2.24, 2.45) is 12.8 Å². The van der Waals surface area contributed by atoms with E-state index in [4.69, 9.17) is 5.73 Å². The van der Waals surface area contributed by atoms with Crippen LogP contribution in [0.15, 0.2) is 42.9 Å². The lowest BCUT2D eigenvalue weighted by atomic mass is 10.0. The minimum absolute atomic E-state index is 0.0699. The molecule has 3 aromatic rings. The van der Waals surface area contributed by atoms with Crippen LogP contribution in [-0.2, 0) is 13.5 Å². The summed E-state index contributed by atoms with van der Waals surface area (Å²) in [7, 11) is 1.87. The molecule has 1 unspecified atom stereocenters. The first-order valence-corrected chi connectivity index (χ1v) is 6.18. The van der Waals surface area contributed by atoms with E-state index in [0.29, 0.717) is 6.42 Å². The van der Waals surface area contributed by atoms with Crippen LogP contribution in [0.1, 0.15) is 17.3 Å². The number of fused-ring (bicyclic) bond motifs is 1. The summed E-state index contributed by atoms with van der Waals surface area (Å²) in [6.07, 6.45) is 4.04. The van der Waals surface area contributed by atoms with Crippen LogP contribution < -0.4 is 5.73 Å². The number of hydrogen-bond donors (Lipinski definition) is 1. The van der Waals surface area contributed by atoms with Crippen molar-refractivity contribution in [3.63, 3.8) is 0 Å². The van der Waals surface area contributed by atoms with E-state index < -0.39 is 0 Å². The second kappa shape index (κ2) is 4.78. The van der Waals surface area contributed by atoms with Crippen LogP contribution in [0.25, 0.3) is 11.0 Å². The van der Waals surface area contributed by atoms with E-state index in [1.165, 1.54) is 0 Å². The third-order valence-corrected chi connectivity index (χ3v) is 3.25. The fraction of sp³-hybridized carbons (Fsp3) is 0.214. The molecule has 0 fully saturated rings. The Balaban J connectivity index is 1.93. The van der Waals surface area contributed by atoms with Crippen molar-refractivity contribution in [3.8, 4) is 0 Å². The van der Waals surface area contributed by atoms with E-state index in [1.54, 1.807) is 17.2 Å². The highest BCUT2D eigenvalue weighted by atomic mass is 15.3. The van der Waals surface area contributed by atoms with Gasteiger partial charge in [0, 0.05) is 19.5 Å². The molecule has 5 nitrogen and oxygen atoms in total. The van der Waals surface area contributed by atoms with E-state index in [2.05, 4.69) is 15.1 Å². The smallest absolute Gasteiger partial charge is 0.161 e. The average Bonchev–Trinajstić information content (AvgIpc) is 2.83. The Morgan fingerprint density at radius 2 is 2.00 bits per heavy atom. The van der Waals surface area contributed by atoms with Gasteiger partial charge in [-0.05, 0) is 5.56 Å². The molecule has 0 bridgehead atoms. The fourth-order valence-electron chi connectivity index (χ4n) is 2.20. The molecule has 19 heavy (non-hydrogen) atoms. The van der Waals surface area contributed by atoms with E-state index >= 15 is 0 Å². The Labute approximate surface area is 111 Å². The van der Waals surface area contributed by atoms with Crippen LogP contribution in [-0.4, -0.2) is 19.7 Å². The number of hydrogen-bond acceptors (Lipinski definition) is 4. The van der Waals surface area contributed by atoms with Crippen molar-refractivity contribution < 1.29 is 0 Å². The van der Waals surface area contributed by atoms with Gasteiger partial charge in [-0.25, -0.2) is 9.97 Å². The Morgan fingerprint density at radius 3 is 2.79 bits per heavy atom. The average molecular weight is 253 g/mol. The molecule has 0 aliphatic carbocycles. The lowest BCUT2D eigenvalue weighted by molar-refractivity contribution is 0.709. The molecule has 96 valence electrons. The molecule has 5 heteroatoms. The second-order valence-corrected chi connectivity index (χ2v) is 4.55. The SMILES string of the molecule is Cn1ncc2c(CC(N)c3ccccc3)ncnc21. The molecule has 0 amide bonds. The van der Waals surface area contributed by atoms with Gasteiger partial charge < -0.3 is 5.73 Å². The van der Waals surface area contributed by atoms with Crippen molar-refractivity contribution in [2.75, 3.05) is 0 Å². The first-order chi connectivity index (χ1) is 9.25. The van der Waals surface area contributed by atoms with E-state index in [1.807, 2.05) is 37.4 Å². The van der Waals surface area contributed by atoms with Gasteiger partial charge in [0.25, 0.3) is 0 Å². The first-order valence-electron chi connectivity index (χ1n) is 6.18. The van der Waals surface area contributed by atoms with Gasteiger partial charge in [0.2, 0.25) is 0 Å². The Morgan fingerprint density at radius 1 is 1.21 bits per heavy atom. The molecule has 1 atom stereocenters. The minimum Gasteiger partial charge on any atom is -0.324 e. The first kappa shape index (κ1) is 11.8. The van der Waals surface area contributed by atoms with E-state index in [-0.39, 0.29) is 6.04 Å². The summed E-state index contributed by atoms with van der Waals surface area (Å²) in [5.41, 5.74) is 9.12. The third-order valence-electron chi connectivity index (χ3n) is 3.25. The molecular formula is C14H15N5. The maximum absolute atomic E-state index is 6.24. The number of benzene rings is 1. The lowest BCUT2D eigenvalue weighted by Crippen LogP contribution is -2.14. The topological polar surface area (TPSA) is 69.6 Å². The maximum Gasteiger partial charge on any atom is 0.161 e. The molecule has 0 spiro atoms. The van der Waals surface area contributed by atoms with Crippen molar-refractivity contribution in [1.82, 2.24) is 19.7 Å². The molecule has 0 saturated heterocycles. The number of rotatable bonds is 3. The monoisotopic (exact) mass is 253 g/mol. The summed E-state index contributed by atoms with van der Waals surface area (Å²) in [4.78, 5) is 8.57. The highest BCUT2D eigenvalue weighted by Gasteiger charge is 2.12. The van der Waals surface area contributed by atoms with Crippen LogP contribution in [0.4, 0.5) is 0 Å². The summed E-state index contributed by atoms with van der Waals surface area (Å²) < 4.78 is 1.74. The Hall–Kier alpha value is -2.27. The van der Waals surface area contributed by atoms with Gasteiger partial charge in [-0.3, -0.25) is 4.68 Å². The zero-order valence-corrected chi connectivity index (χ0v) is 10.7. The molecule has 0 aliphatic heterocycles. The molecule has 1 aromatic carbocycles. The van der Waals surface area contributed by atoms with Crippen LogP contribution in [0.5, 0.6) is 0 Å². The lowest BCUT2D eigenvalue weighted by Gasteiger charge is -2.11. The normalized spacial score (nSPS) is 12.7.